The normalized spacial score (nSPS) is 11.7. The van der Waals surface area contributed by atoms with Gasteiger partial charge in [0.15, 0.2) is 0 Å². The van der Waals surface area contributed by atoms with Crippen LogP contribution in [0.1, 0.15) is 23.6 Å². The largest absolute Gasteiger partial charge is 0.314 e. The molecular weight excluding hydrogens is 885 g/mol. The van der Waals surface area contributed by atoms with E-state index in [9.17, 15) is 0 Å². The Bertz CT molecular complexity index is 4020. The molecule has 0 unspecified atom stereocenters. The zero-order chi connectivity index (χ0) is 50.0. The number of hydrogen-bond donors (Lipinski definition) is 0. The number of nitrogens with zero attached hydrogens (tertiary/aromatic N) is 4. The summed E-state index contributed by atoms with van der Waals surface area (Å²) in [5, 5.41) is 4.72. The van der Waals surface area contributed by atoms with E-state index in [1.807, 2.05) is 24.3 Å². The lowest BCUT2D eigenvalue weighted by Gasteiger charge is -2.27. The number of anilines is 5. The highest BCUT2D eigenvalue weighted by Gasteiger charge is 2.20. The topological polar surface area (TPSA) is 16.3 Å². The summed E-state index contributed by atoms with van der Waals surface area (Å²) in [7, 11) is 0. The quantitative estimate of drug-likeness (QED) is 0.0798. The van der Waals surface area contributed by atoms with Gasteiger partial charge >= 0.3 is 0 Å². The summed E-state index contributed by atoms with van der Waals surface area (Å²) >= 11 is 0. The van der Waals surface area contributed by atoms with Crippen molar-refractivity contribution < 1.29 is 0 Å². The van der Waals surface area contributed by atoms with Gasteiger partial charge in [0.05, 0.1) is 22.1 Å². The van der Waals surface area contributed by atoms with Crippen LogP contribution in [0.3, 0.4) is 0 Å². The van der Waals surface area contributed by atoms with Gasteiger partial charge in [-0.15, -0.1) is 6.42 Å². The van der Waals surface area contributed by atoms with Crippen molar-refractivity contribution in [3.8, 4) is 34.8 Å². The Balaban J connectivity index is 0.963. The molecule has 0 amide bonds. The lowest BCUT2D eigenvalue weighted by molar-refractivity contribution is 1.15. The fourth-order valence-corrected chi connectivity index (χ4v) is 10.1. The standard InChI is InChI=1S/C69H52N4/c1-7-49(8-2)21-20-48(6)70(60-42-44-68-64(46-60)62-16-12-14-18-66(62)72(68)58-34-24-51(10-4)25-35-58)55-38-28-53(29-39-55)54-30-40-57(41-31-54)71(56-32-22-50(9-3)23-33-56)61-43-45-69-65(47-61)63-17-13-15-19-67(63)73(69)59-36-26-52(11-5)27-37-59/h1,8-47H,2-5H2,6H3/b48-20+,49-21+. The van der Waals surface area contributed by atoms with Gasteiger partial charge in [-0.05, 0) is 156 Å². The number of terminal acetylenes is 1. The van der Waals surface area contributed by atoms with E-state index in [4.69, 9.17) is 6.42 Å². The summed E-state index contributed by atoms with van der Waals surface area (Å²) in [6, 6.07) is 74.1. The molecule has 0 N–H and O–H groups in total. The van der Waals surface area contributed by atoms with Crippen LogP contribution in [-0.4, -0.2) is 9.13 Å². The van der Waals surface area contributed by atoms with Crippen LogP contribution in [0.5, 0.6) is 0 Å². The predicted molar refractivity (Wildman–Crippen MR) is 315 cm³/mol. The molecule has 11 aromatic rings. The molecule has 0 radical (unpaired) electrons. The molecule has 0 aliphatic heterocycles. The second-order valence-corrected chi connectivity index (χ2v) is 18.0. The lowest BCUT2D eigenvalue weighted by atomic mass is 10.0. The van der Waals surface area contributed by atoms with Crippen LogP contribution < -0.4 is 9.80 Å². The first-order valence-corrected chi connectivity index (χ1v) is 24.4. The Morgan fingerprint density at radius 2 is 0.822 bits per heavy atom. The maximum Gasteiger partial charge on any atom is 0.0542 e. The molecule has 4 nitrogen and oxygen atoms in total. The summed E-state index contributed by atoms with van der Waals surface area (Å²) in [6.07, 6.45) is 17.2. The molecule has 4 heteroatoms. The SMILES string of the molecule is C#C/C(C=C)=C\C=C(/C)N(c1ccc(-c2ccc(N(c3ccc(C=C)cc3)c3ccc4c(c3)c3ccccc3n4-c3ccc(C=C)cc3)cc2)cc1)c1ccc2c(c1)c1ccccc1n2-c1ccc(C=C)cc1. The van der Waals surface area contributed by atoms with E-state index in [0.29, 0.717) is 5.57 Å². The Labute approximate surface area is 427 Å². The minimum absolute atomic E-state index is 0.713. The number of aromatic nitrogens is 2. The van der Waals surface area contributed by atoms with E-state index in [-0.39, 0.29) is 0 Å². The molecule has 2 heterocycles. The van der Waals surface area contributed by atoms with Gasteiger partial charge in [-0.2, -0.15) is 0 Å². The molecule has 0 atom stereocenters. The zero-order valence-corrected chi connectivity index (χ0v) is 40.8. The first-order valence-electron chi connectivity index (χ1n) is 24.4. The zero-order valence-electron chi connectivity index (χ0n) is 40.8. The van der Waals surface area contributed by atoms with Gasteiger partial charge < -0.3 is 18.9 Å². The Kier molecular flexibility index (Phi) is 12.2. The van der Waals surface area contributed by atoms with Gasteiger partial charge in [0.2, 0.25) is 0 Å². The first-order chi connectivity index (χ1) is 35.9. The fraction of sp³-hybridized carbons (Fsp3) is 0.0145. The minimum atomic E-state index is 0.713. The summed E-state index contributed by atoms with van der Waals surface area (Å²) in [6.45, 7) is 18.0. The monoisotopic (exact) mass is 936 g/mol. The number of hydrogen-bond acceptors (Lipinski definition) is 2. The summed E-state index contributed by atoms with van der Waals surface area (Å²) in [5.74, 6) is 2.74. The Morgan fingerprint density at radius 1 is 0.425 bits per heavy atom. The molecule has 348 valence electrons. The molecular formula is C69H52N4. The first kappa shape index (κ1) is 45.6. The second kappa shape index (κ2) is 19.5. The van der Waals surface area contributed by atoms with Gasteiger partial charge in [0, 0.05) is 72.6 Å². The highest BCUT2D eigenvalue weighted by atomic mass is 15.2. The van der Waals surface area contributed by atoms with E-state index < -0.39 is 0 Å². The van der Waals surface area contributed by atoms with E-state index in [0.717, 1.165) is 101 Å². The molecule has 2 aromatic heterocycles. The van der Waals surface area contributed by atoms with Crippen molar-refractivity contribution in [2.75, 3.05) is 9.80 Å². The van der Waals surface area contributed by atoms with Gasteiger partial charge in [-0.1, -0.05) is 154 Å². The summed E-state index contributed by atoms with van der Waals surface area (Å²) < 4.78 is 4.68. The molecule has 0 aliphatic rings. The number of benzene rings is 9. The maximum absolute atomic E-state index is 5.83. The molecule has 0 saturated heterocycles. The smallest absolute Gasteiger partial charge is 0.0542 e. The van der Waals surface area contributed by atoms with Crippen molar-refractivity contribution in [1.82, 2.24) is 9.13 Å². The third-order valence-corrected chi connectivity index (χ3v) is 13.8. The van der Waals surface area contributed by atoms with E-state index in [1.54, 1.807) is 6.08 Å². The molecule has 0 aliphatic carbocycles. The predicted octanol–water partition coefficient (Wildman–Crippen LogP) is 18.7. The average Bonchev–Trinajstić information content (AvgIpc) is 3.97. The lowest BCUT2D eigenvalue weighted by Crippen LogP contribution is -2.14. The van der Waals surface area contributed by atoms with Crippen molar-refractivity contribution in [2.45, 2.75) is 6.92 Å². The van der Waals surface area contributed by atoms with Gasteiger partial charge in [-0.25, -0.2) is 0 Å². The van der Waals surface area contributed by atoms with Crippen molar-refractivity contribution in [1.29, 1.82) is 0 Å². The Hall–Kier alpha value is -9.82. The van der Waals surface area contributed by atoms with Crippen LogP contribution in [0.4, 0.5) is 28.4 Å². The second-order valence-electron chi connectivity index (χ2n) is 18.0. The number of rotatable bonds is 14. The highest BCUT2D eigenvalue weighted by molar-refractivity contribution is 6.12. The molecule has 0 spiro atoms. The van der Waals surface area contributed by atoms with Crippen molar-refractivity contribution in [3.63, 3.8) is 0 Å². The van der Waals surface area contributed by atoms with Crippen LogP contribution in [-0.2, 0) is 0 Å². The molecule has 9 aromatic carbocycles. The number of fused-ring (bicyclic) bond motifs is 6. The molecule has 0 bridgehead atoms. The van der Waals surface area contributed by atoms with Crippen LogP contribution in [0.25, 0.3) is 84.3 Å². The Morgan fingerprint density at radius 3 is 1.29 bits per heavy atom. The van der Waals surface area contributed by atoms with Crippen LogP contribution in [0.2, 0.25) is 0 Å². The maximum atomic E-state index is 5.83. The molecule has 0 saturated carbocycles. The average molecular weight is 937 g/mol. The summed E-state index contributed by atoms with van der Waals surface area (Å²) in [5.41, 5.74) is 19.2. The van der Waals surface area contributed by atoms with Crippen molar-refractivity contribution in [3.05, 3.63) is 279 Å². The van der Waals surface area contributed by atoms with E-state index >= 15 is 0 Å². The number of para-hydroxylation sites is 2. The molecule has 73 heavy (non-hydrogen) atoms. The third kappa shape index (κ3) is 8.46. The van der Waals surface area contributed by atoms with E-state index in [2.05, 4.69) is 270 Å². The molecule has 11 rings (SSSR count). The van der Waals surface area contributed by atoms with E-state index in [1.165, 1.54) is 16.2 Å². The van der Waals surface area contributed by atoms with Crippen LogP contribution >= 0.6 is 0 Å². The minimum Gasteiger partial charge on any atom is -0.314 e. The highest BCUT2D eigenvalue weighted by Crippen LogP contribution is 2.42. The third-order valence-electron chi connectivity index (χ3n) is 13.8. The number of allylic oxidation sites excluding steroid dienone is 5. The summed E-state index contributed by atoms with van der Waals surface area (Å²) in [4.78, 5) is 4.61. The van der Waals surface area contributed by atoms with Crippen LogP contribution in [0.15, 0.2) is 262 Å². The van der Waals surface area contributed by atoms with Gasteiger partial charge in [0.1, 0.15) is 0 Å². The fourth-order valence-electron chi connectivity index (χ4n) is 10.1. The van der Waals surface area contributed by atoms with Gasteiger partial charge in [-0.3, -0.25) is 0 Å². The van der Waals surface area contributed by atoms with Crippen LogP contribution in [0, 0.1) is 12.3 Å². The van der Waals surface area contributed by atoms with Gasteiger partial charge in [0.25, 0.3) is 0 Å². The van der Waals surface area contributed by atoms with Crippen molar-refractivity contribution in [2.24, 2.45) is 0 Å². The molecule has 0 fully saturated rings. The van der Waals surface area contributed by atoms with Crippen molar-refractivity contribution >= 4 is 90.3 Å².